The molecule has 32 heavy (non-hydrogen) atoms. The van der Waals surface area contributed by atoms with Crippen LogP contribution in [0.4, 0.5) is 13.6 Å². The normalized spacial score (nSPS) is 10.8. The number of aromatic nitrogens is 1. The van der Waals surface area contributed by atoms with E-state index in [4.69, 9.17) is 0 Å². The third-order valence-electron chi connectivity index (χ3n) is 5.40. The number of benzene rings is 2. The number of amides is 2. The van der Waals surface area contributed by atoms with Gasteiger partial charge in [0.1, 0.15) is 11.6 Å². The Hall–Kier alpha value is -3.28. The van der Waals surface area contributed by atoms with Crippen molar-refractivity contribution in [1.82, 2.24) is 15.6 Å². The van der Waals surface area contributed by atoms with Crippen LogP contribution in [-0.2, 0) is 6.42 Å². The zero-order valence-corrected chi connectivity index (χ0v) is 18.1. The van der Waals surface area contributed by atoms with E-state index in [2.05, 4.69) is 15.6 Å². The van der Waals surface area contributed by atoms with Gasteiger partial charge in [-0.05, 0) is 72.7 Å². The van der Waals surface area contributed by atoms with Crippen LogP contribution < -0.4 is 10.6 Å². The van der Waals surface area contributed by atoms with Crippen molar-refractivity contribution in [1.29, 1.82) is 0 Å². The summed E-state index contributed by atoms with van der Waals surface area (Å²) in [7, 11) is 0. The fourth-order valence-corrected chi connectivity index (χ4v) is 3.69. The molecular formula is C26H29F2N3O. The maximum atomic E-state index is 13.3. The maximum absolute atomic E-state index is 13.3. The molecule has 0 saturated heterocycles. The largest absolute Gasteiger partial charge is 0.338 e. The Labute approximate surface area is 188 Å². The molecule has 6 heteroatoms. The first-order chi connectivity index (χ1) is 15.6. The van der Waals surface area contributed by atoms with Crippen molar-refractivity contribution in [2.24, 2.45) is 0 Å². The van der Waals surface area contributed by atoms with Crippen LogP contribution in [0.25, 0.3) is 0 Å². The topological polar surface area (TPSA) is 54.0 Å². The molecule has 0 bridgehead atoms. The van der Waals surface area contributed by atoms with E-state index in [0.29, 0.717) is 13.1 Å². The lowest BCUT2D eigenvalue weighted by Gasteiger charge is -2.18. The minimum absolute atomic E-state index is 0.0532. The monoisotopic (exact) mass is 437 g/mol. The minimum atomic E-state index is -0.276. The van der Waals surface area contributed by atoms with Gasteiger partial charge in [-0.25, -0.2) is 13.6 Å². The fraction of sp³-hybridized carbons (Fsp3) is 0.308. The number of pyridine rings is 1. The summed E-state index contributed by atoms with van der Waals surface area (Å²) in [6.07, 6.45) is 7.84. The van der Waals surface area contributed by atoms with Crippen LogP contribution in [0, 0.1) is 11.6 Å². The molecule has 1 aromatic heterocycles. The summed E-state index contributed by atoms with van der Waals surface area (Å²) in [5.41, 5.74) is 3.15. The summed E-state index contributed by atoms with van der Waals surface area (Å²) in [4.78, 5) is 16.0. The second kappa shape index (κ2) is 12.5. The number of hydrogen-bond acceptors (Lipinski definition) is 2. The lowest BCUT2D eigenvalue weighted by atomic mass is 9.87. The lowest BCUT2D eigenvalue weighted by molar-refractivity contribution is 0.240. The predicted molar refractivity (Wildman–Crippen MR) is 122 cm³/mol. The lowest BCUT2D eigenvalue weighted by Crippen LogP contribution is -2.36. The van der Waals surface area contributed by atoms with Crippen molar-refractivity contribution < 1.29 is 13.6 Å². The SMILES string of the molecule is O=C(NCCCCC(c1ccc(F)cc1)c1ccc(F)cc1)NCCCc1cccnc1. The molecule has 2 N–H and O–H groups in total. The molecule has 0 saturated carbocycles. The van der Waals surface area contributed by atoms with E-state index in [1.807, 2.05) is 18.3 Å². The summed E-state index contributed by atoms with van der Waals surface area (Å²) in [6, 6.07) is 16.7. The predicted octanol–water partition coefficient (Wildman–Crippen LogP) is 5.59. The van der Waals surface area contributed by atoms with Gasteiger partial charge in [0.15, 0.2) is 0 Å². The van der Waals surface area contributed by atoms with Crippen LogP contribution in [0.15, 0.2) is 73.1 Å². The molecule has 0 aliphatic carbocycles. The average Bonchev–Trinajstić information content (AvgIpc) is 2.81. The molecule has 168 valence electrons. The summed E-state index contributed by atoms with van der Waals surface area (Å²) in [5, 5.41) is 5.76. The van der Waals surface area contributed by atoms with E-state index in [9.17, 15) is 13.6 Å². The summed E-state index contributed by atoms with van der Waals surface area (Å²) in [5.74, 6) is -0.498. The minimum Gasteiger partial charge on any atom is -0.338 e. The first kappa shape index (κ1) is 23.4. The standard InChI is InChI=1S/C26H29F2N3O/c27-23-12-8-21(9-13-23)25(22-10-14-24(28)15-11-22)7-1-2-17-30-26(32)31-18-4-6-20-5-3-16-29-19-20/h3,5,8-16,19,25H,1-2,4,6-7,17-18H2,(H2,30,31,32). The Morgan fingerprint density at radius 3 is 1.97 bits per heavy atom. The Morgan fingerprint density at radius 1 is 0.812 bits per heavy atom. The Morgan fingerprint density at radius 2 is 1.41 bits per heavy atom. The van der Waals surface area contributed by atoms with Crippen molar-refractivity contribution >= 4 is 6.03 Å². The molecule has 0 aliphatic heterocycles. The van der Waals surface area contributed by atoms with E-state index in [-0.39, 0.29) is 23.6 Å². The first-order valence-electron chi connectivity index (χ1n) is 11.0. The molecule has 2 amide bonds. The van der Waals surface area contributed by atoms with Crippen molar-refractivity contribution in [3.05, 3.63) is 101 Å². The fourth-order valence-electron chi connectivity index (χ4n) is 3.69. The zero-order valence-electron chi connectivity index (χ0n) is 18.1. The van der Waals surface area contributed by atoms with Crippen molar-refractivity contribution in [3.8, 4) is 0 Å². The smallest absolute Gasteiger partial charge is 0.314 e. The van der Waals surface area contributed by atoms with Crippen LogP contribution in [0.3, 0.4) is 0 Å². The molecule has 0 unspecified atom stereocenters. The van der Waals surface area contributed by atoms with Gasteiger partial charge >= 0.3 is 6.03 Å². The van der Waals surface area contributed by atoms with Crippen LogP contribution in [-0.4, -0.2) is 24.1 Å². The Bertz CT molecular complexity index is 902. The molecule has 3 rings (SSSR count). The number of carbonyl (C=O) groups excluding carboxylic acids is 1. The van der Waals surface area contributed by atoms with E-state index < -0.39 is 0 Å². The molecule has 2 aromatic carbocycles. The van der Waals surface area contributed by atoms with Gasteiger partial charge in [0.2, 0.25) is 0 Å². The van der Waals surface area contributed by atoms with Crippen molar-refractivity contribution in [2.45, 2.75) is 38.0 Å². The highest BCUT2D eigenvalue weighted by Gasteiger charge is 2.14. The molecule has 0 aliphatic rings. The Balaban J connectivity index is 1.38. The van der Waals surface area contributed by atoms with Crippen LogP contribution in [0.5, 0.6) is 0 Å². The molecular weight excluding hydrogens is 408 g/mol. The van der Waals surface area contributed by atoms with E-state index in [1.54, 1.807) is 30.5 Å². The summed E-state index contributed by atoms with van der Waals surface area (Å²) >= 11 is 0. The maximum Gasteiger partial charge on any atom is 0.314 e. The third-order valence-corrected chi connectivity index (χ3v) is 5.40. The van der Waals surface area contributed by atoms with E-state index in [0.717, 1.165) is 48.8 Å². The molecule has 0 fully saturated rings. The zero-order chi connectivity index (χ0) is 22.6. The van der Waals surface area contributed by atoms with Crippen molar-refractivity contribution in [3.63, 3.8) is 0 Å². The van der Waals surface area contributed by atoms with Crippen molar-refractivity contribution in [2.75, 3.05) is 13.1 Å². The van der Waals surface area contributed by atoms with Crippen LogP contribution in [0.2, 0.25) is 0 Å². The van der Waals surface area contributed by atoms with Crippen LogP contribution in [0.1, 0.15) is 48.3 Å². The average molecular weight is 438 g/mol. The van der Waals surface area contributed by atoms with E-state index >= 15 is 0 Å². The molecule has 0 atom stereocenters. The molecule has 4 nitrogen and oxygen atoms in total. The van der Waals surface area contributed by atoms with Gasteiger partial charge in [0, 0.05) is 31.4 Å². The number of unbranched alkanes of at least 4 members (excludes halogenated alkanes) is 1. The number of rotatable bonds is 11. The highest BCUT2D eigenvalue weighted by Crippen LogP contribution is 2.30. The number of aryl methyl sites for hydroxylation is 1. The van der Waals surface area contributed by atoms with Gasteiger partial charge in [-0.3, -0.25) is 4.98 Å². The molecule has 1 heterocycles. The third kappa shape index (κ3) is 7.76. The van der Waals surface area contributed by atoms with Gasteiger partial charge in [-0.2, -0.15) is 0 Å². The van der Waals surface area contributed by atoms with Gasteiger partial charge in [-0.1, -0.05) is 36.8 Å². The van der Waals surface area contributed by atoms with Gasteiger partial charge in [-0.15, -0.1) is 0 Å². The summed E-state index contributed by atoms with van der Waals surface area (Å²) in [6.45, 7) is 1.19. The second-order valence-corrected chi connectivity index (χ2v) is 7.80. The number of hydrogen-bond donors (Lipinski definition) is 2. The van der Waals surface area contributed by atoms with Gasteiger partial charge < -0.3 is 10.6 Å². The number of urea groups is 1. The molecule has 0 radical (unpaired) electrons. The second-order valence-electron chi connectivity index (χ2n) is 7.80. The van der Waals surface area contributed by atoms with Gasteiger partial charge in [0.05, 0.1) is 0 Å². The van der Waals surface area contributed by atoms with Gasteiger partial charge in [0.25, 0.3) is 0 Å². The summed E-state index contributed by atoms with van der Waals surface area (Å²) < 4.78 is 26.7. The molecule has 3 aromatic rings. The number of nitrogens with one attached hydrogen (secondary N) is 2. The number of nitrogens with zero attached hydrogens (tertiary/aromatic N) is 1. The highest BCUT2D eigenvalue weighted by molar-refractivity contribution is 5.73. The van der Waals surface area contributed by atoms with Crippen LogP contribution >= 0.6 is 0 Å². The molecule has 0 spiro atoms. The number of halogens is 2. The Kier molecular flexibility index (Phi) is 9.17. The number of carbonyl (C=O) groups is 1. The quantitative estimate of drug-likeness (QED) is 0.384. The van der Waals surface area contributed by atoms with E-state index in [1.165, 1.54) is 24.3 Å². The highest BCUT2D eigenvalue weighted by atomic mass is 19.1. The first-order valence-corrected chi connectivity index (χ1v) is 11.0.